The molecule has 380 valence electrons. The van der Waals surface area contributed by atoms with Crippen LogP contribution >= 0.6 is 0 Å². The van der Waals surface area contributed by atoms with Crippen molar-refractivity contribution >= 4 is 97.4 Å². The number of rotatable bonds is 14. The van der Waals surface area contributed by atoms with E-state index in [9.17, 15) is 57.0 Å². The molecule has 7 aromatic rings. The van der Waals surface area contributed by atoms with E-state index >= 15 is 0 Å². The summed E-state index contributed by atoms with van der Waals surface area (Å²) in [4.78, 5) is 11.5. The standard InChI is InChI=1S/C37H45N17O13S4/c1-36(2,3)27-25(43-45-34-49(7)21-11-9-19(70(62,63)64)17-23(21)51(34)13-15-68(56,57)58)29(38)53(47-27)31-40-32(42-33(55)41-31)54-30(39)26(28(48-54)37(4,5)6)44-46-35-50(8)22-12-10-20(71(65,66)67)18-24(22)52(35)14-16-69(59,60)61/h9-12,17-18,38-39H,13-16H2,1-8H3,(H5,40,41,42,55,56,57,58,59,60,61,62,63,64,65,66,67)/p+2. The van der Waals surface area contributed by atoms with Crippen molar-refractivity contribution in [1.29, 1.82) is 0 Å². The number of aromatic nitrogens is 11. The molecule has 2 aromatic carbocycles. The Bertz CT molecular complexity index is 3620. The van der Waals surface area contributed by atoms with Crippen molar-refractivity contribution in [1.82, 2.24) is 43.6 Å². The van der Waals surface area contributed by atoms with Gasteiger partial charge in [0.05, 0.1) is 48.4 Å². The molecule has 0 spiro atoms. The topological polar surface area (TPSA) is 431 Å². The van der Waals surface area contributed by atoms with Gasteiger partial charge in [-0.15, -0.1) is 0 Å². The minimum absolute atomic E-state index is 0.0446. The molecule has 0 amide bonds. The van der Waals surface area contributed by atoms with Gasteiger partial charge in [-0.1, -0.05) is 51.8 Å². The highest BCUT2D eigenvalue weighted by Gasteiger charge is 2.34. The number of nitrogens with two attached hydrogens (primary N) is 2. The van der Waals surface area contributed by atoms with Crippen molar-refractivity contribution in [3.05, 3.63) is 47.8 Å². The number of fused-ring (bicyclic) bond motifs is 2. The maximum atomic E-state index is 12.0. The number of nitrogens with zero attached hydrogens (tertiary/aromatic N) is 15. The Hall–Kier alpha value is -6.95. The molecule has 9 N–H and O–H groups in total. The Morgan fingerprint density at radius 2 is 0.930 bits per heavy atom. The number of anilines is 2. The summed E-state index contributed by atoms with van der Waals surface area (Å²) >= 11 is 0. The second kappa shape index (κ2) is 17.7. The van der Waals surface area contributed by atoms with Crippen molar-refractivity contribution in [2.24, 2.45) is 34.6 Å². The SMILES string of the molecule is C[n+]1c(N=Nc2c(C(C)(C)C)nn(-c3nc(O)nc(-n4nc(C(C)(C)C)c(N=Nc5n(CCS(=O)(=O)O)c6cc(S(=O)(=O)O)ccc6[n+]5C)c4N)n3)c2N)n(CCS(=O)(=O)O)c2cc(S(=O)(=O)O)ccc21. The molecule has 0 fully saturated rings. The maximum absolute atomic E-state index is 12.0. The van der Waals surface area contributed by atoms with Crippen molar-refractivity contribution in [3.8, 4) is 17.9 Å². The van der Waals surface area contributed by atoms with Crippen molar-refractivity contribution in [2.75, 3.05) is 23.0 Å². The van der Waals surface area contributed by atoms with E-state index in [0.717, 1.165) is 33.6 Å². The molecule has 0 aliphatic heterocycles. The van der Waals surface area contributed by atoms with Crippen LogP contribution < -0.4 is 20.6 Å². The zero-order valence-corrected chi connectivity index (χ0v) is 42.1. The lowest BCUT2D eigenvalue weighted by Gasteiger charge is -2.15. The summed E-state index contributed by atoms with van der Waals surface area (Å²) in [5.74, 6) is -2.96. The molecule has 7 rings (SSSR count). The number of imidazole rings is 2. The summed E-state index contributed by atoms with van der Waals surface area (Å²) in [7, 11) is -15.5. The molecule has 0 aliphatic carbocycles. The maximum Gasteiger partial charge on any atom is 0.422 e. The summed E-state index contributed by atoms with van der Waals surface area (Å²) in [5.41, 5.74) is 12.9. The van der Waals surface area contributed by atoms with Gasteiger partial charge in [0, 0.05) is 33.2 Å². The first kappa shape index (κ1) is 51.9. The summed E-state index contributed by atoms with van der Waals surface area (Å²) in [5, 5.41) is 37.7. The van der Waals surface area contributed by atoms with E-state index in [1.54, 1.807) is 41.5 Å². The molecular formula is C37H47N17O13S4+2. The average molecular weight is 1070 g/mol. The van der Waals surface area contributed by atoms with Gasteiger partial charge in [-0.05, 0) is 24.3 Å². The average Bonchev–Trinajstić information content (AvgIpc) is 3.92. The molecule has 5 aromatic heterocycles. The lowest BCUT2D eigenvalue weighted by Crippen LogP contribution is -2.27. The minimum atomic E-state index is -4.70. The first-order valence-electron chi connectivity index (χ1n) is 20.5. The van der Waals surface area contributed by atoms with E-state index in [4.69, 9.17) is 11.5 Å². The second-order valence-electron chi connectivity index (χ2n) is 18.0. The molecule has 0 saturated heterocycles. The van der Waals surface area contributed by atoms with Gasteiger partial charge in [0.2, 0.25) is 0 Å². The van der Waals surface area contributed by atoms with Crippen molar-refractivity contribution in [3.63, 3.8) is 0 Å². The molecule has 30 nitrogen and oxygen atoms in total. The summed E-state index contributed by atoms with van der Waals surface area (Å²) in [6.45, 7) is 9.75. The molecule has 0 unspecified atom stereocenters. The van der Waals surface area contributed by atoms with Gasteiger partial charge in [0.1, 0.15) is 33.6 Å². The van der Waals surface area contributed by atoms with Crippen molar-refractivity contribution in [2.45, 2.75) is 75.3 Å². The van der Waals surface area contributed by atoms with Crippen LogP contribution in [-0.4, -0.2) is 112 Å². The fourth-order valence-corrected chi connectivity index (χ4v) is 9.12. The van der Waals surface area contributed by atoms with Crippen LogP contribution in [0.2, 0.25) is 0 Å². The number of nitrogen functional groups attached to an aromatic ring is 2. The van der Waals surface area contributed by atoms with Crippen LogP contribution in [0.1, 0.15) is 52.9 Å². The first-order valence-corrected chi connectivity index (χ1v) is 26.6. The van der Waals surface area contributed by atoms with E-state index < -0.39 is 91.7 Å². The lowest BCUT2D eigenvalue weighted by molar-refractivity contribution is -0.632. The van der Waals surface area contributed by atoms with Crippen LogP contribution in [-0.2, 0) is 78.5 Å². The van der Waals surface area contributed by atoms with E-state index in [1.807, 2.05) is 0 Å². The number of benzene rings is 2. The van der Waals surface area contributed by atoms with E-state index in [2.05, 4.69) is 45.6 Å². The summed E-state index contributed by atoms with van der Waals surface area (Å²) in [6.07, 6.45) is 0. The van der Waals surface area contributed by atoms with Crippen LogP contribution in [0.15, 0.2) is 66.6 Å². The zero-order valence-electron chi connectivity index (χ0n) is 38.8. The molecule has 71 heavy (non-hydrogen) atoms. The highest BCUT2D eigenvalue weighted by molar-refractivity contribution is 7.86. The minimum Gasteiger partial charge on any atom is -0.479 e. The van der Waals surface area contributed by atoms with Crippen LogP contribution in [0.3, 0.4) is 0 Å². The predicted molar refractivity (Wildman–Crippen MR) is 249 cm³/mol. The fourth-order valence-electron chi connectivity index (χ4n) is 7.30. The van der Waals surface area contributed by atoms with Gasteiger partial charge < -0.3 is 16.6 Å². The van der Waals surface area contributed by atoms with Crippen LogP contribution in [0.4, 0.5) is 34.9 Å². The second-order valence-corrected chi connectivity index (χ2v) is 24.0. The Kier molecular flexibility index (Phi) is 12.9. The Labute approximate surface area is 404 Å². The number of azo groups is 2. The first-order chi connectivity index (χ1) is 32.5. The quantitative estimate of drug-likeness (QED) is 0.0467. The van der Waals surface area contributed by atoms with Crippen LogP contribution in [0, 0.1) is 0 Å². The predicted octanol–water partition coefficient (Wildman–Crippen LogP) is 2.37. The van der Waals surface area contributed by atoms with E-state index in [1.165, 1.54) is 44.5 Å². The van der Waals surface area contributed by atoms with E-state index in [-0.39, 0.29) is 69.2 Å². The van der Waals surface area contributed by atoms with Gasteiger partial charge in [-0.3, -0.25) is 18.2 Å². The van der Waals surface area contributed by atoms with E-state index in [0.29, 0.717) is 11.0 Å². The summed E-state index contributed by atoms with van der Waals surface area (Å²) in [6, 6.07) is 6.30. The molecule has 0 saturated carbocycles. The highest BCUT2D eigenvalue weighted by atomic mass is 32.2. The third-order valence-electron chi connectivity index (χ3n) is 10.7. The smallest absolute Gasteiger partial charge is 0.422 e. The Morgan fingerprint density at radius 3 is 1.24 bits per heavy atom. The molecule has 0 bridgehead atoms. The Morgan fingerprint density at radius 1 is 0.577 bits per heavy atom. The Balaban J connectivity index is 1.35. The molecule has 34 heteroatoms. The van der Waals surface area contributed by atoms with Gasteiger partial charge in [0.15, 0.2) is 23.0 Å². The normalized spacial score (nSPS) is 13.5. The monoisotopic (exact) mass is 1070 g/mol. The largest absolute Gasteiger partial charge is 0.479 e. The summed E-state index contributed by atoms with van der Waals surface area (Å²) < 4.78 is 142. The molecule has 0 atom stereocenters. The highest BCUT2D eigenvalue weighted by Crippen LogP contribution is 2.40. The molecule has 0 radical (unpaired) electrons. The molecule has 5 heterocycles. The molecular weight excluding hydrogens is 1020 g/mol. The third kappa shape index (κ3) is 10.6. The number of aryl methyl sites for hydroxylation is 4. The lowest BCUT2D eigenvalue weighted by atomic mass is 9.91. The van der Waals surface area contributed by atoms with Gasteiger partial charge in [-0.25, -0.2) is 18.3 Å². The molecule has 0 aliphatic rings. The number of hydrogen-bond donors (Lipinski definition) is 7. The van der Waals surface area contributed by atoms with Gasteiger partial charge in [-0.2, -0.15) is 68.2 Å². The zero-order chi connectivity index (χ0) is 52.7. The van der Waals surface area contributed by atoms with Crippen LogP contribution in [0.25, 0.3) is 34.0 Å². The fraction of sp³-hybridized carbons (Fsp3) is 0.378. The number of aromatic hydroxyl groups is 1. The number of hydrogen-bond acceptors (Lipinski definition) is 20. The van der Waals surface area contributed by atoms with Crippen molar-refractivity contribution < 1.29 is 66.1 Å². The van der Waals surface area contributed by atoms with Crippen LogP contribution in [0.5, 0.6) is 6.01 Å². The van der Waals surface area contributed by atoms with Gasteiger partial charge >= 0.3 is 17.9 Å². The van der Waals surface area contributed by atoms with Gasteiger partial charge in [0.25, 0.3) is 52.4 Å². The third-order valence-corrected chi connectivity index (χ3v) is 13.8.